The first-order valence-electron chi connectivity index (χ1n) is 6.36. The number of benzene rings is 1. The molecule has 0 bridgehead atoms. The summed E-state index contributed by atoms with van der Waals surface area (Å²) in [5.41, 5.74) is 0.868. The van der Waals surface area contributed by atoms with E-state index in [1.54, 1.807) is 18.2 Å². The van der Waals surface area contributed by atoms with Crippen LogP contribution in [0, 0.1) is 5.92 Å². The minimum Gasteiger partial charge on any atom is -0.394 e. The fraction of sp³-hybridized carbons (Fsp3) is 0.400. The van der Waals surface area contributed by atoms with Crippen LogP contribution in [0.3, 0.4) is 0 Å². The van der Waals surface area contributed by atoms with E-state index in [1.807, 2.05) is 12.1 Å². The Morgan fingerprint density at radius 2 is 2.21 bits per heavy atom. The van der Waals surface area contributed by atoms with Gasteiger partial charge in [0.1, 0.15) is 0 Å². The van der Waals surface area contributed by atoms with Crippen molar-refractivity contribution in [3.8, 4) is 0 Å². The van der Waals surface area contributed by atoms with Gasteiger partial charge in [0.2, 0.25) is 5.91 Å². The average Bonchev–Trinajstić information content (AvgIpc) is 2.35. The monoisotopic (exact) mass is 281 g/mol. The third-order valence-electron chi connectivity index (χ3n) is 2.60. The smallest absolute Gasteiger partial charge is 0.244 e. The van der Waals surface area contributed by atoms with Crippen LogP contribution < -0.4 is 5.32 Å². The Labute approximate surface area is 119 Å². The van der Waals surface area contributed by atoms with Crippen molar-refractivity contribution in [2.45, 2.75) is 26.3 Å². The number of carbonyl (C=O) groups is 1. The highest BCUT2D eigenvalue weighted by Crippen LogP contribution is 2.11. The second kappa shape index (κ2) is 7.97. The number of halogens is 1. The summed E-state index contributed by atoms with van der Waals surface area (Å²) >= 11 is 5.86. The first kappa shape index (κ1) is 15.7. The Bertz CT molecular complexity index is 444. The zero-order chi connectivity index (χ0) is 14.3. The summed E-state index contributed by atoms with van der Waals surface area (Å²) in [6.07, 6.45) is 3.91. The Balaban J connectivity index is 2.54. The highest BCUT2D eigenvalue weighted by molar-refractivity contribution is 6.30. The van der Waals surface area contributed by atoms with Gasteiger partial charge in [-0.15, -0.1) is 0 Å². The SMILES string of the molecule is CC(C)CC(CO)NC(=O)/C=C/c1cccc(Cl)c1. The Kier molecular flexibility index (Phi) is 6.60. The van der Waals surface area contributed by atoms with Crippen molar-refractivity contribution < 1.29 is 9.90 Å². The summed E-state index contributed by atoms with van der Waals surface area (Å²) in [5, 5.41) is 12.6. The summed E-state index contributed by atoms with van der Waals surface area (Å²) in [4.78, 5) is 11.7. The first-order valence-corrected chi connectivity index (χ1v) is 6.74. The van der Waals surface area contributed by atoms with Crippen molar-refractivity contribution in [1.82, 2.24) is 5.32 Å². The highest BCUT2D eigenvalue weighted by atomic mass is 35.5. The highest BCUT2D eigenvalue weighted by Gasteiger charge is 2.11. The minimum absolute atomic E-state index is 0.0467. The average molecular weight is 282 g/mol. The lowest BCUT2D eigenvalue weighted by atomic mass is 10.0. The van der Waals surface area contributed by atoms with Crippen molar-refractivity contribution in [2.24, 2.45) is 5.92 Å². The molecule has 0 aliphatic heterocycles. The maximum absolute atomic E-state index is 11.7. The van der Waals surface area contributed by atoms with Gasteiger partial charge in [-0.2, -0.15) is 0 Å². The number of carbonyl (C=O) groups excluding carboxylic acids is 1. The largest absolute Gasteiger partial charge is 0.394 e. The van der Waals surface area contributed by atoms with Crippen LogP contribution in [0.25, 0.3) is 6.08 Å². The van der Waals surface area contributed by atoms with Gasteiger partial charge in [0.15, 0.2) is 0 Å². The number of hydrogen-bond donors (Lipinski definition) is 2. The lowest BCUT2D eigenvalue weighted by Crippen LogP contribution is -2.37. The molecule has 1 atom stereocenters. The molecule has 0 fully saturated rings. The maximum atomic E-state index is 11.7. The zero-order valence-electron chi connectivity index (χ0n) is 11.3. The van der Waals surface area contributed by atoms with Crippen molar-refractivity contribution in [1.29, 1.82) is 0 Å². The third-order valence-corrected chi connectivity index (χ3v) is 2.83. The van der Waals surface area contributed by atoms with E-state index >= 15 is 0 Å². The molecule has 0 heterocycles. The standard InChI is InChI=1S/C15H20ClNO2/c1-11(2)8-14(10-18)17-15(19)7-6-12-4-3-5-13(16)9-12/h3-7,9,11,14,18H,8,10H2,1-2H3,(H,17,19)/b7-6+. The molecule has 1 rings (SSSR count). The summed E-state index contributed by atoms with van der Waals surface area (Å²) < 4.78 is 0. The normalized spacial score (nSPS) is 12.9. The van der Waals surface area contributed by atoms with E-state index in [0.29, 0.717) is 10.9 Å². The summed E-state index contributed by atoms with van der Waals surface area (Å²) in [6.45, 7) is 4.06. The summed E-state index contributed by atoms with van der Waals surface area (Å²) in [7, 11) is 0. The molecule has 1 amide bonds. The van der Waals surface area contributed by atoms with E-state index < -0.39 is 0 Å². The molecule has 0 aromatic heterocycles. The fourth-order valence-electron chi connectivity index (χ4n) is 1.78. The van der Waals surface area contributed by atoms with Crippen LogP contribution in [0.15, 0.2) is 30.3 Å². The maximum Gasteiger partial charge on any atom is 0.244 e. The summed E-state index contributed by atoms with van der Waals surface area (Å²) in [5.74, 6) is 0.217. The topological polar surface area (TPSA) is 49.3 Å². The van der Waals surface area contributed by atoms with Gasteiger partial charge in [-0.3, -0.25) is 4.79 Å². The van der Waals surface area contributed by atoms with Gasteiger partial charge < -0.3 is 10.4 Å². The number of aliphatic hydroxyl groups excluding tert-OH is 1. The third kappa shape index (κ3) is 6.41. The molecule has 0 spiro atoms. The van der Waals surface area contributed by atoms with Crippen molar-refractivity contribution in [3.05, 3.63) is 40.9 Å². The van der Waals surface area contributed by atoms with E-state index in [4.69, 9.17) is 11.6 Å². The molecule has 1 unspecified atom stereocenters. The number of nitrogens with one attached hydrogen (secondary N) is 1. The quantitative estimate of drug-likeness (QED) is 0.788. The number of amides is 1. The molecular weight excluding hydrogens is 262 g/mol. The van der Waals surface area contributed by atoms with Gasteiger partial charge in [-0.1, -0.05) is 37.6 Å². The lowest BCUT2D eigenvalue weighted by Gasteiger charge is -2.17. The molecule has 19 heavy (non-hydrogen) atoms. The van der Waals surface area contributed by atoms with Gasteiger partial charge in [-0.25, -0.2) is 0 Å². The van der Waals surface area contributed by atoms with Gasteiger partial charge in [0, 0.05) is 11.1 Å². The number of aliphatic hydroxyl groups is 1. The van der Waals surface area contributed by atoms with Gasteiger partial charge in [-0.05, 0) is 36.1 Å². The van der Waals surface area contributed by atoms with Crippen LogP contribution in [-0.4, -0.2) is 23.7 Å². The molecule has 0 saturated heterocycles. The Morgan fingerprint density at radius 3 is 2.79 bits per heavy atom. The number of rotatable bonds is 6. The van der Waals surface area contributed by atoms with Crippen LogP contribution in [-0.2, 0) is 4.79 Å². The predicted octanol–water partition coefficient (Wildman–Crippen LogP) is 2.88. The molecule has 4 heteroatoms. The van der Waals surface area contributed by atoms with Gasteiger partial charge in [0.25, 0.3) is 0 Å². The van der Waals surface area contributed by atoms with Crippen molar-refractivity contribution in [2.75, 3.05) is 6.61 Å². The van der Waals surface area contributed by atoms with E-state index in [9.17, 15) is 9.90 Å². The zero-order valence-corrected chi connectivity index (χ0v) is 12.0. The molecule has 1 aromatic rings. The summed E-state index contributed by atoms with van der Waals surface area (Å²) in [6, 6.07) is 7.06. The molecule has 2 N–H and O–H groups in total. The molecule has 0 aliphatic rings. The molecule has 104 valence electrons. The van der Waals surface area contributed by atoms with Crippen LogP contribution >= 0.6 is 11.6 Å². The van der Waals surface area contributed by atoms with Crippen LogP contribution in [0.1, 0.15) is 25.8 Å². The van der Waals surface area contributed by atoms with Gasteiger partial charge >= 0.3 is 0 Å². The molecule has 0 radical (unpaired) electrons. The Morgan fingerprint density at radius 1 is 1.47 bits per heavy atom. The fourth-order valence-corrected chi connectivity index (χ4v) is 1.98. The lowest BCUT2D eigenvalue weighted by molar-refractivity contribution is -0.117. The molecule has 3 nitrogen and oxygen atoms in total. The second-order valence-electron chi connectivity index (χ2n) is 4.91. The molecule has 1 aromatic carbocycles. The Hall–Kier alpha value is -1.32. The van der Waals surface area contributed by atoms with Crippen LogP contribution in [0.5, 0.6) is 0 Å². The molecular formula is C15H20ClNO2. The predicted molar refractivity (Wildman–Crippen MR) is 79.0 cm³/mol. The van der Waals surface area contributed by atoms with Crippen molar-refractivity contribution >= 4 is 23.6 Å². The van der Waals surface area contributed by atoms with Crippen LogP contribution in [0.4, 0.5) is 0 Å². The van der Waals surface area contributed by atoms with Crippen LogP contribution in [0.2, 0.25) is 5.02 Å². The van der Waals surface area contributed by atoms with E-state index in [2.05, 4.69) is 19.2 Å². The van der Waals surface area contributed by atoms with Gasteiger partial charge in [0.05, 0.1) is 12.6 Å². The molecule has 0 saturated carbocycles. The number of hydrogen-bond acceptors (Lipinski definition) is 2. The van der Waals surface area contributed by atoms with E-state index in [1.165, 1.54) is 6.08 Å². The first-order chi connectivity index (χ1) is 9.01. The van der Waals surface area contributed by atoms with E-state index in [0.717, 1.165) is 12.0 Å². The second-order valence-corrected chi connectivity index (χ2v) is 5.34. The molecule has 0 aliphatic carbocycles. The minimum atomic E-state index is -0.209. The van der Waals surface area contributed by atoms with Crippen molar-refractivity contribution in [3.63, 3.8) is 0 Å². The van der Waals surface area contributed by atoms with E-state index in [-0.39, 0.29) is 18.6 Å².